The number of carbonyl (C=O) groups excluding carboxylic acids is 2. The lowest BCUT2D eigenvalue weighted by Crippen LogP contribution is -2.54. The molecule has 0 saturated heterocycles. The molecule has 36 heavy (non-hydrogen) atoms. The average Bonchev–Trinajstić information content (AvgIpc) is 3.32. The van der Waals surface area contributed by atoms with Gasteiger partial charge in [0.2, 0.25) is 28.6 Å². The number of nitrogens with one attached hydrogen (secondary N) is 1. The molecule has 1 aliphatic heterocycles. The van der Waals surface area contributed by atoms with Gasteiger partial charge in [-0.3, -0.25) is 13.9 Å². The summed E-state index contributed by atoms with van der Waals surface area (Å²) in [5.41, 5.74) is 1.30. The smallest absolute Gasteiger partial charge is 0.244 e. The molecular weight excluding hydrogens is 482 g/mol. The van der Waals surface area contributed by atoms with Crippen LogP contribution in [0.5, 0.6) is 11.5 Å². The molecule has 0 aromatic heterocycles. The van der Waals surface area contributed by atoms with E-state index in [-0.39, 0.29) is 31.0 Å². The molecule has 0 aliphatic carbocycles. The zero-order chi connectivity index (χ0) is 26.3. The molecule has 0 fully saturated rings. The van der Waals surface area contributed by atoms with Gasteiger partial charge in [0, 0.05) is 18.7 Å². The predicted molar refractivity (Wildman–Crippen MR) is 139 cm³/mol. The number of sulfonamides is 1. The number of amides is 2. The summed E-state index contributed by atoms with van der Waals surface area (Å²) in [6, 6.07) is 13.6. The molecule has 0 saturated carbocycles. The first-order valence-corrected chi connectivity index (χ1v) is 14.0. The van der Waals surface area contributed by atoms with Crippen LogP contribution >= 0.6 is 0 Å². The third-order valence-electron chi connectivity index (χ3n) is 6.19. The van der Waals surface area contributed by atoms with Gasteiger partial charge in [-0.25, -0.2) is 8.42 Å². The maximum Gasteiger partial charge on any atom is 0.244 e. The summed E-state index contributed by atoms with van der Waals surface area (Å²) in [4.78, 5) is 28.3. The molecule has 2 atom stereocenters. The molecule has 10 heteroatoms. The van der Waals surface area contributed by atoms with Gasteiger partial charge in [-0.2, -0.15) is 0 Å². The summed E-state index contributed by atoms with van der Waals surface area (Å²) < 4.78 is 37.2. The Morgan fingerprint density at radius 3 is 2.36 bits per heavy atom. The number of anilines is 1. The normalized spacial score (nSPS) is 14.1. The number of fused-ring (bicyclic) bond motifs is 1. The van der Waals surface area contributed by atoms with Crippen LogP contribution in [0.25, 0.3) is 0 Å². The van der Waals surface area contributed by atoms with Crippen LogP contribution in [-0.4, -0.2) is 63.4 Å². The van der Waals surface area contributed by atoms with Gasteiger partial charge in [-0.05, 0) is 43.9 Å². The summed E-state index contributed by atoms with van der Waals surface area (Å²) >= 11 is 0. The Labute approximate surface area is 213 Å². The lowest BCUT2D eigenvalue weighted by Gasteiger charge is -2.33. The summed E-state index contributed by atoms with van der Waals surface area (Å²) in [7, 11) is -3.82. The van der Waals surface area contributed by atoms with Crippen LogP contribution in [-0.2, 0) is 26.0 Å². The third kappa shape index (κ3) is 6.90. The van der Waals surface area contributed by atoms with E-state index in [0.717, 1.165) is 22.5 Å². The predicted octanol–water partition coefficient (Wildman–Crippen LogP) is 2.95. The van der Waals surface area contributed by atoms with Crippen molar-refractivity contribution in [2.24, 2.45) is 0 Å². The minimum Gasteiger partial charge on any atom is -0.454 e. The molecule has 0 spiro atoms. The van der Waals surface area contributed by atoms with Gasteiger partial charge in [0.1, 0.15) is 12.6 Å². The van der Waals surface area contributed by atoms with E-state index in [0.29, 0.717) is 24.3 Å². The van der Waals surface area contributed by atoms with Gasteiger partial charge in [-0.15, -0.1) is 0 Å². The van der Waals surface area contributed by atoms with Crippen LogP contribution in [0.4, 0.5) is 5.69 Å². The van der Waals surface area contributed by atoms with Crippen LogP contribution in [0.15, 0.2) is 48.5 Å². The van der Waals surface area contributed by atoms with E-state index in [1.807, 2.05) is 51.1 Å². The average molecular weight is 518 g/mol. The highest BCUT2D eigenvalue weighted by molar-refractivity contribution is 7.92. The van der Waals surface area contributed by atoms with E-state index in [1.54, 1.807) is 12.1 Å². The van der Waals surface area contributed by atoms with Gasteiger partial charge in [0.05, 0.1) is 11.9 Å². The zero-order valence-corrected chi connectivity index (χ0v) is 22.1. The highest BCUT2D eigenvalue weighted by atomic mass is 32.2. The minimum absolute atomic E-state index is 0.0428. The molecule has 1 N–H and O–H groups in total. The lowest BCUT2D eigenvalue weighted by molar-refractivity contribution is -0.139. The first kappa shape index (κ1) is 27.3. The van der Waals surface area contributed by atoms with Crippen molar-refractivity contribution in [2.75, 3.05) is 30.4 Å². The number of hydrogen-bond acceptors (Lipinski definition) is 6. The largest absolute Gasteiger partial charge is 0.454 e. The fraction of sp³-hybridized carbons (Fsp3) is 0.462. The van der Waals surface area contributed by atoms with Gasteiger partial charge in [0.15, 0.2) is 11.5 Å². The summed E-state index contributed by atoms with van der Waals surface area (Å²) in [5, 5.41) is 2.96. The first-order chi connectivity index (χ1) is 17.1. The fourth-order valence-corrected chi connectivity index (χ4v) is 4.83. The van der Waals surface area contributed by atoms with Crippen molar-refractivity contribution in [1.29, 1.82) is 0 Å². The third-order valence-corrected chi connectivity index (χ3v) is 7.34. The lowest BCUT2D eigenvalue weighted by atomic mass is 10.1. The number of hydrogen-bond donors (Lipinski definition) is 1. The zero-order valence-electron chi connectivity index (χ0n) is 21.3. The molecule has 0 radical (unpaired) electrons. The maximum atomic E-state index is 13.7. The first-order valence-electron chi connectivity index (χ1n) is 12.1. The number of nitrogens with zero attached hydrogens (tertiary/aromatic N) is 2. The van der Waals surface area contributed by atoms with Crippen molar-refractivity contribution in [2.45, 2.75) is 52.1 Å². The Morgan fingerprint density at radius 2 is 1.72 bits per heavy atom. The second-order valence-electron chi connectivity index (χ2n) is 8.87. The van der Waals surface area contributed by atoms with E-state index < -0.39 is 28.5 Å². The molecule has 196 valence electrons. The Bertz CT molecular complexity index is 1160. The van der Waals surface area contributed by atoms with Crippen LogP contribution in [0.2, 0.25) is 0 Å². The molecule has 0 bridgehead atoms. The van der Waals surface area contributed by atoms with Crippen molar-refractivity contribution in [3.63, 3.8) is 0 Å². The molecule has 2 unspecified atom stereocenters. The molecule has 1 aliphatic rings. The summed E-state index contributed by atoms with van der Waals surface area (Å²) in [6.07, 6.45) is 2.73. The van der Waals surface area contributed by atoms with E-state index in [1.165, 1.54) is 11.0 Å². The maximum absolute atomic E-state index is 13.7. The van der Waals surface area contributed by atoms with Gasteiger partial charge < -0.3 is 19.7 Å². The topological polar surface area (TPSA) is 105 Å². The van der Waals surface area contributed by atoms with Crippen molar-refractivity contribution < 1.29 is 27.5 Å². The molecule has 3 rings (SSSR count). The molecule has 2 aromatic carbocycles. The highest BCUT2D eigenvalue weighted by Crippen LogP contribution is 2.36. The van der Waals surface area contributed by atoms with Crippen LogP contribution in [0.3, 0.4) is 0 Å². The Hall–Kier alpha value is -3.27. The molecular formula is C26H35N3O6S. The van der Waals surface area contributed by atoms with Crippen molar-refractivity contribution in [1.82, 2.24) is 10.2 Å². The Balaban J connectivity index is 1.89. The number of benzene rings is 2. The van der Waals surface area contributed by atoms with E-state index >= 15 is 0 Å². The molecule has 9 nitrogen and oxygen atoms in total. The fourth-order valence-electron chi connectivity index (χ4n) is 3.99. The van der Waals surface area contributed by atoms with Gasteiger partial charge in [-0.1, -0.05) is 44.2 Å². The Morgan fingerprint density at radius 1 is 1.03 bits per heavy atom. The van der Waals surface area contributed by atoms with Gasteiger partial charge in [0.25, 0.3) is 0 Å². The van der Waals surface area contributed by atoms with Gasteiger partial charge >= 0.3 is 0 Å². The summed E-state index contributed by atoms with van der Waals surface area (Å²) in [6.45, 7) is 5.60. The van der Waals surface area contributed by atoms with E-state index in [2.05, 4.69) is 5.32 Å². The second-order valence-corrected chi connectivity index (χ2v) is 10.8. The van der Waals surface area contributed by atoms with Crippen LogP contribution in [0.1, 0.15) is 39.2 Å². The van der Waals surface area contributed by atoms with Crippen LogP contribution in [0, 0.1) is 0 Å². The van der Waals surface area contributed by atoms with Crippen molar-refractivity contribution >= 4 is 27.5 Å². The monoisotopic (exact) mass is 517 g/mol. The van der Waals surface area contributed by atoms with Crippen LogP contribution < -0.4 is 19.1 Å². The van der Waals surface area contributed by atoms with E-state index in [4.69, 9.17) is 9.47 Å². The Kier molecular flexibility index (Phi) is 9.19. The van der Waals surface area contributed by atoms with E-state index in [9.17, 15) is 18.0 Å². The second kappa shape index (κ2) is 12.1. The van der Waals surface area contributed by atoms with Crippen molar-refractivity contribution in [3.05, 3.63) is 54.1 Å². The standard InChI is InChI=1S/C26H35N3O6S/c1-5-19(3)27-26(31)22(6-2)28(15-14-20-10-8-7-9-11-20)25(30)17-29(36(4,32)33)21-12-13-23-24(16-21)35-18-34-23/h7-13,16,19,22H,5-6,14-15,17-18H2,1-4H3,(H,27,31). The molecule has 1 heterocycles. The SMILES string of the molecule is CCC(C)NC(=O)C(CC)N(CCc1ccccc1)C(=O)CN(c1ccc2c(c1)OCO2)S(C)(=O)=O. The number of carbonyl (C=O) groups is 2. The van der Waals surface area contributed by atoms with Crippen molar-refractivity contribution in [3.8, 4) is 11.5 Å². The summed E-state index contributed by atoms with van der Waals surface area (Å²) in [5.74, 6) is 0.215. The number of rotatable bonds is 12. The number of ether oxygens (including phenoxy) is 2. The molecule has 2 aromatic rings. The highest BCUT2D eigenvalue weighted by Gasteiger charge is 2.32. The molecule has 2 amide bonds. The minimum atomic E-state index is -3.82. The quantitative estimate of drug-likeness (QED) is 0.464.